The number of piperidine rings is 1. The topological polar surface area (TPSA) is 67.4 Å². The summed E-state index contributed by atoms with van der Waals surface area (Å²) >= 11 is 1.42. The van der Waals surface area contributed by atoms with Crippen LogP contribution < -0.4 is 10.6 Å². The van der Waals surface area contributed by atoms with Crippen LogP contribution in [0.2, 0.25) is 0 Å². The summed E-state index contributed by atoms with van der Waals surface area (Å²) in [6.07, 6.45) is 2.99. The van der Waals surface area contributed by atoms with Gasteiger partial charge in [0.15, 0.2) is 0 Å². The molecule has 1 aliphatic heterocycles. The van der Waals surface area contributed by atoms with Crippen molar-refractivity contribution in [2.75, 3.05) is 19.0 Å². The van der Waals surface area contributed by atoms with Gasteiger partial charge < -0.3 is 15.4 Å². The van der Waals surface area contributed by atoms with Crippen LogP contribution in [0.3, 0.4) is 0 Å². The predicted molar refractivity (Wildman–Crippen MR) is 79.4 cm³/mol. The van der Waals surface area contributed by atoms with E-state index in [1.54, 1.807) is 0 Å². The van der Waals surface area contributed by atoms with Crippen molar-refractivity contribution in [1.82, 2.24) is 5.32 Å². The van der Waals surface area contributed by atoms with Gasteiger partial charge in [-0.1, -0.05) is 6.42 Å². The Hall–Kier alpha value is -1.40. The number of hydrogen-bond donors (Lipinski definition) is 2. The molecule has 110 valence electrons. The van der Waals surface area contributed by atoms with Gasteiger partial charge in [-0.05, 0) is 38.8 Å². The van der Waals surface area contributed by atoms with Crippen LogP contribution in [-0.4, -0.2) is 31.6 Å². The zero-order valence-electron chi connectivity index (χ0n) is 12.0. The number of carbonyl (C=O) groups excluding carboxylic acids is 2. The SMILES string of the molecule is COC(=O)c1c(NC(=O)[C@@H]2CCCCN2)sc(C)c1C. The first kappa shape index (κ1) is 15.0. The summed E-state index contributed by atoms with van der Waals surface area (Å²) in [6.45, 7) is 4.66. The van der Waals surface area contributed by atoms with Gasteiger partial charge in [0, 0.05) is 4.88 Å². The van der Waals surface area contributed by atoms with Gasteiger partial charge in [0.05, 0.1) is 18.7 Å². The van der Waals surface area contributed by atoms with E-state index in [9.17, 15) is 9.59 Å². The lowest BCUT2D eigenvalue weighted by molar-refractivity contribution is -0.118. The third-order valence-corrected chi connectivity index (χ3v) is 4.76. The molecule has 0 aromatic carbocycles. The minimum atomic E-state index is -0.404. The van der Waals surface area contributed by atoms with E-state index in [1.807, 2.05) is 13.8 Å². The molecule has 0 unspecified atom stereocenters. The summed E-state index contributed by atoms with van der Waals surface area (Å²) < 4.78 is 4.80. The first-order chi connectivity index (χ1) is 9.54. The average Bonchev–Trinajstić information content (AvgIpc) is 2.74. The Morgan fingerprint density at radius 3 is 2.70 bits per heavy atom. The Kier molecular flexibility index (Phi) is 4.77. The maximum absolute atomic E-state index is 12.2. The Labute approximate surface area is 122 Å². The molecule has 0 radical (unpaired) electrons. The van der Waals surface area contributed by atoms with E-state index in [1.165, 1.54) is 18.4 Å². The molecule has 1 atom stereocenters. The minimum Gasteiger partial charge on any atom is -0.465 e. The van der Waals surface area contributed by atoms with Crippen LogP contribution in [0.25, 0.3) is 0 Å². The van der Waals surface area contributed by atoms with Crippen LogP contribution >= 0.6 is 11.3 Å². The molecule has 0 bridgehead atoms. The maximum atomic E-state index is 12.2. The molecule has 20 heavy (non-hydrogen) atoms. The summed E-state index contributed by atoms with van der Waals surface area (Å²) in [5.74, 6) is -0.477. The molecule has 0 spiro atoms. The van der Waals surface area contributed by atoms with Crippen molar-refractivity contribution in [2.45, 2.75) is 39.2 Å². The average molecular weight is 296 g/mol. The van der Waals surface area contributed by atoms with Crippen LogP contribution in [0.4, 0.5) is 5.00 Å². The number of rotatable bonds is 3. The van der Waals surface area contributed by atoms with Crippen molar-refractivity contribution in [3.63, 3.8) is 0 Å². The highest BCUT2D eigenvalue weighted by Crippen LogP contribution is 2.33. The molecule has 0 saturated carbocycles. The second-order valence-electron chi connectivity index (χ2n) is 4.97. The Morgan fingerprint density at radius 1 is 1.35 bits per heavy atom. The highest BCUT2D eigenvalue weighted by Gasteiger charge is 2.25. The lowest BCUT2D eigenvalue weighted by Crippen LogP contribution is -2.43. The Morgan fingerprint density at radius 2 is 2.10 bits per heavy atom. The number of thiophene rings is 1. The van der Waals surface area contributed by atoms with E-state index in [-0.39, 0.29) is 11.9 Å². The number of hydrogen-bond acceptors (Lipinski definition) is 5. The number of carbonyl (C=O) groups is 2. The monoisotopic (exact) mass is 296 g/mol. The third-order valence-electron chi connectivity index (χ3n) is 3.64. The van der Waals surface area contributed by atoms with Gasteiger partial charge >= 0.3 is 5.97 Å². The van der Waals surface area contributed by atoms with Gasteiger partial charge in [-0.2, -0.15) is 0 Å². The quantitative estimate of drug-likeness (QED) is 0.839. The van der Waals surface area contributed by atoms with Gasteiger partial charge in [-0.15, -0.1) is 11.3 Å². The summed E-state index contributed by atoms with van der Waals surface area (Å²) in [5.41, 5.74) is 1.34. The molecule has 1 saturated heterocycles. The van der Waals surface area contributed by atoms with Crippen molar-refractivity contribution in [3.8, 4) is 0 Å². The zero-order chi connectivity index (χ0) is 14.7. The molecular formula is C14H20N2O3S. The van der Waals surface area contributed by atoms with Crippen molar-refractivity contribution in [3.05, 3.63) is 16.0 Å². The van der Waals surface area contributed by atoms with Crippen LogP contribution in [0.1, 0.15) is 40.1 Å². The van der Waals surface area contributed by atoms with Gasteiger partial charge in [-0.3, -0.25) is 4.79 Å². The van der Waals surface area contributed by atoms with Gasteiger partial charge in [0.2, 0.25) is 5.91 Å². The number of amides is 1. The van der Waals surface area contributed by atoms with E-state index in [2.05, 4.69) is 10.6 Å². The smallest absolute Gasteiger partial charge is 0.341 e. The maximum Gasteiger partial charge on any atom is 0.341 e. The number of esters is 1. The number of anilines is 1. The fourth-order valence-electron chi connectivity index (χ4n) is 2.34. The molecule has 0 aliphatic carbocycles. The van der Waals surface area contributed by atoms with E-state index < -0.39 is 5.97 Å². The predicted octanol–water partition coefficient (Wildman–Crippen LogP) is 2.23. The molecule has 1 amide bonds. The second-order valence-corrected chi connectivity index (χ2v) is 6.20. The minimum absolute atomic E-state index is 0.0731. The number of nitrogens with one attached hydrogen (secondary N) is 2. The molecule has 5 nitrogen and oxygen atoms in total. The molecule has 2 rings (SSSR count). The number of ether oxygens (including phenoxy) is 1. The first-order valence-electron chi connectivity index (χ1n) is 6.77. The molecular weight excluding hydrogens is 276 g/mol. The molecule has 1 fully saturated rings. The van der Waals surface area contributed by atoms with Crippen molar-refractivity contribution in [1.29, 1.82) is 0 Å². The number of methoxy groups -OCH3 is 1. The van der Waals surface area contributed by atoms with Crippen molar-refractivity contribution >= 4 is 28.2 Å². The molecule has 2 N–H and O–H groups in total. The summed E-state index contributed by atoms with van der Waals surface area (Å²) in [7, 11) is 1.35. The van der Waals surface area contributed by atoms with E-state index in [4.69, 9.17) is 4.74 Å². The lowest BCUT2D eigenvalue weighted by atomic mass is 10.0. The highest BCUT2D eigenvalue weighted by molar-refractivity contribution is 7.16. The van der Waals surface area contributed by atoms with Crippen LogP contribution in [-0.2, 0) is 9.53 Å². The normalized spacial score (nSPS) is 18.6. The zero-order valence-corrected chi connectivity index (χ0v) is 12.9. The second kappa shape index (κ2) is 6.37. The largest absolute Gasteiger partial charge is 0.465 e. The Bertz CT molecular complexity index is 519. The van der Waals surface area contributed by atoms with Gasteiger partial charge in [0.1, 0.15) is 5.00 Å². The molecule has 1 aliphatic rings. The highest BCUT2D eigenvalue weighted by atomic mass is 32.1. The van der Waals surface area contributed by atoms with Gasteiger partial charge in [-0.25, -0.2) is 4.79 Å². The van der Waals surface area contributed by atoms with E-state index in [0.717, 1.165) is 36.2 Å². The molecule has 2 heterocycles. The van der Waals surface area contributed by atoms with Gasteiger partial charge in [0.25, 0.3) is 0 Å². The third kappa shape index (κ3) is 3.02. The fourth-order valence-corrected chi connectivity index (χ4v) is 3.39. The Balaban J connectivity index is 2.18. The summed E-state index contributed by atoms with van der Waals surface area (Å²) in [6, 6.07) is -0.169. The van der Waals surface area contributed by atoms with E-state index in [0.29, 0.717) is 10.6 Å². The summed E-state index contributed by atoms with van der Waals surface area (Å²) in [4.78, 5) is 25.1. The number of aryl methyl sites for hydroxylation is 1. The molecule has 1 aromatic heterocycles. The first-order valence-corrected chi connectivity index (χ1v) is 7.58. The standard InChI is InChI=1S/C14H20N2O3S/c1-8-9(2)20-13(11(8)14(18)19-3)16-12(17)10-6-4-5-7-15-10/h10,15H,4-7H2,1-3H3,(H,16,17)/t10-/m0/s1. The van der Waals surface area contributed by atoms with E-state index >= 15 is 0 Å². The fraction of sp³-hybridized carbons (Fsp3) is 0.571. The lowest BCUT2D eigenvalue weighted by Gasteiger charge is -2.22. The van der Waals surface area contributed by atoms with Crippen LogP contribution in [0.5, 0.6) is 0 Å². The van der Waals surface area contributed by atoms with Crippen LogP contribution in [0, 0.1) is 13.8 Å². The van der Waals surface area contributed by atoms with Crippen molar-refractivity contribution < 1.29 is 14.3 Å². The van der Waals surface area contributed by atoms with Crippen molar-refractivity contribution in [2.24, 2.45) is 0 Å². The molecule has 6 heteroatoms. The summed E-state index contributed by atoms with van der Waals surface area (Å²) in [5, 5.41) is 6.66. The molecule has 1 aromatic rings. The van der Waals surface area contributed by atoms with Crippen LogP contribution in [0.15, 0.2) is 0 Å².